The van der Waals surface area contributed by atoms with Crippen molar-refractivity contribution in [2.24, 2.45) is 5.92 Å². The second-order valence-corrected chi connectivity index (χ2v) is 6.45. The fraction of sp³-hybridized carbons (Fsp3) is 0.700. The molecule has 0 heterocycles. The van der Waals surface area contributed by atoms with E-state index in [0.29, 0.717) is 32.2 Å². The number of benzene rings is 1. The average molecular weight is 325 g/mol. The van der Waals surface area contributed by atoms with Crippen molar-refractivity contribution >= 4 is 0 Å². The van der Waals surface area contributed by atoms with Gasteiger partial charge in [-0.15, -0.1) is 0 Å². The molecule has 0 aromatic heterocycles. The van der Waals surface area contributed by atoms with E-state index in [4.69, 9.17) is 14.6 Å². The van der Waals surface area contributed by atoms with Crippen LogP contribution in [0.5, 0.6) is 0 Å². The van der Waals surface area contributed by atoms with Gasteiger partial charge in [0.1, 0.15) is 0 Å². The van der Waals surface area contributed by atoms with Gasteiger partial charge in [-0.2, -0.15) is 0 Å². The van der Waals surface area contributed by atoms with E-state index in [0.717, 1.165) is 18.6 Å². The number of hydrogen-bond acceptors (Lipinski definition) is 3. The summed E-state index contributed by atoms with van der Waals surface area (Å²) >= 11 is 0. The normalized spacial score (nSPS) is 12.0. The summed E-state index contributed by atoms with van der Waals surface area (Å²) < 4.78 is 11.1. The molecule has 0 amide bonds. The Morgan fingerprint density at radius 1 is 0.826 bits per heavy atom. The number of rotatable bonds is 10. The molecule has 0 aliphatic heterocycles. The smallest absolute Gasteiger partial charge is 0.0716 e. The summed E-state index contributed by atoms with van der Waals surface area (Å²) in [5.41, 5.74) is 2.35. The predicted molar refractivity (Wildman–Crippen MR) is 97.5 cm³/mol. The molecule has 0 saturated carbocycles. The zero-order chi connectivity index (χ0) is 17.5. The van der Waals surface area contributed by atoms with E-state index in [1.54, 1.807) is 6.92 Å². The maximum absolute atomic E-state index is 9.13. The van der Waals surface area contributed by atoms with Gasteiger partial charge in [-0.3, -0.25) is 0 Å². The van der Waals surface area contributed by atoms with E-state index < -0.39 is 0 Å². The second-order valence-electron chi connectivity index (χ2n) is 6.45. The first kappa shape index (κ1) is 22.1. The maximum atomic E-state index is 9.13. The Bertz CT molecular complexity index is 323. The molecule has 0 saturated heterocycles. The quantitative estimate of drug-likeness (QED) is 0.619. The summed E-state index contributed by atoms with van der Waals surface area (Å²) in [5.74, 6) is 0.691. The van der Waals surface area contributed by atoms with Crippen LogP contribution in [-0.2, 0) is 22.7 Å². The molecule has 0 fully saturated rings. The predicted octanol–water partition coefficient (Wildman–Crippen LogP) is 4.95. The highest BCUT2D eigenvalue weighted by Gasteiger charge is 1.99. The second kappa shape index (κ2) is 14.7. The first-order chi connectivity index (χ1) is 11.0. The molecule has 0 aliphatic carbocycles. The van der Waals surface area contributed by atoms with Gasteiger partial charge in [0, 0.05) is 13.2 Å². The fourth-order valence-corrected chi connectivity index (χ4v) is 1.68. The minimum Gasteiger partial charge on any atom is -0.393 e. The van der Waals surface area contributed by atoms with Crippen molar-refractivity contribution in [3.05, 3.63) is 35.4 Å². The lowest BCUT2D eigenvalue weighted by atomic mass is 10.1. The maximum Gasteiger partial charge on any atom is 0.0716 e. The number of aliphatic hydroxyl groups is 1. The molecule has 1 atom stereocenters. The minimum absolute atomic E-state index is 0.291. The van der Waals surface area contributed by atoms with E-state index in [2.05, 4.69) is 52.0 Å². The van der Waals surface area contributed by atoms with E-state index >= 15 is 0 Å². The van der Waals surface area contributed by atoms with Crippen LogP contribution in [0, 0.1) is 5.92 Å². The van der Waals surface area contributed by atoms with Crippen LogP contribution in [0.3, 0.4) is 0 Å². The number of aliphatic hydroxyl groups excluding tert-OH is 1. The van der Waals surface area contributed by atoms with E-state index in [1.807, 2.05) is 0 Å². The summed E-state index contributed by atoms with van der Waals surface area (Å²) in [6.07, 6.45) is 2.75. The lowest BCUT2D eigenvalue weighted by Gasteiger charge is -2.08. The average Bonchev–Trinajstić information content (AvgIpc) is 2.50. The van der Waals surface area contributed by atoms with Crippen LogP contribution in [0.4, 0.5) is 0 Å². The Morgan fingerprint density at radius 2 is 1.22 bits per heavy atom. The first-order valence-electron chi connectivity index (χ1n) is 8.90. The summed E-state index contributed by atoms with van der Waals surface area (Å²) in [6, 6.07) is 8.32. The van der Waals surface area contributed by atoms with Gasteiger partial charge in [-0.1, -0.05) is 58.4 Å². The van der Waals surface area contributed by atoms with Gasteiger partial charge in [0.2, 0.25) is 0 Å². The monoisotopic (exact) mass is 324 g/mol. The molecule has 0 spiro atoms. The number of hydrogen-bond donors (Lipinski definition) is 1. The molecule has 1 rings (SSSR count). The van der Waals surface area contributed by atoms with Gasteiger partial charge >= 0.3 is 0 Å². The standard InChI is InChI=1S/C17H28O3.C3H8/c1-14(2)8-10-19-12-16-4-6-17(7-5-16)13-20-11-9-15(3)18;1-3-2/h4-7,14-15,18H,8-13H2,1-3H3;3H2,1-2H3. The highest BCUT2D eigenvalue weighted by molar-refractivity contribution is 5.21. The van der Waals surface area contributed by atoms with Gasteiger partial charge in [0.25, 0.3) is 0 Å². The topological polar surface area (TPSA) is 38.7 Å². The van der Waals surface area contributed by atoms with E-state index in [1.165, 1.54) is 12.0 Å². The zero-order valence-electron chi connectivity index (χ0n) is 15.7. The Hall–Kier alpha value is -0.900. The highest BCUT2D eigenvalue weighted by atomic mass is 16.5. The zero-order valence-corrected chi connectivity index (χ0v) is 15.7. The lowest BCUT2D eigenvalue weighted by Crippen LogP contribution is -2.05. The fourth-order valence-electron chi connectivity index (χ4n) is 1.68. The molecule has 1 unspecified atom stereocenters. The van der Waals surface area contributed by atoms with Gasteiger partial charge in [0.05, 0.1) is 19.3 Å². The van der Waals surface area contributed by atoms with Crippen molar-refractivity contribution in [2.75, 3.05) is 13.2 Å². The van der Waals surface area contributed by atoms with Crippen LogP contribution >= 0.6 is 0 Å². The van der Waals surface area contributed by atoms with Crippen LogP contribution in [0.2, 0.25) is 0 Å². The SMILES string of the molecule is CC(C)CCOCc1ccc(COCCC(C)O)cc1.CCC. The minimum atomic E-state index is -0.291. The molecule has 0 aliphatic rings. The van der Waals surface area contributed by atoms with Crippen LogP contribution in [0.1, 0.15) is 65.0 Å². The summed E-state index contributed by atoms with van der Waals surface area (Å²) in [4.78, 5) is 0. The van der Waals surface area contributed by atoms with Crippen molar-refractivity contribution in [3.8, 4) is 0 Å². The van der Waals surface area contributed by atoms with Crippen LogP contribution < -0.4 is 0 Å². The van der Waals surface area contributed by atoms with E-state index in [9.17, 15) is 0 Å². The van der Waals surface area contributed by atoms with Gasteiger partial charge < -0.3 is 14.6 Å². The third kappa shape index (κ3) is 14.4. The van der Waals surface area contributed by atoms with Crippen molar-refractivity contribution in [2.45, 2.75) is 73.2 Å². The lowest BCUT2D eigenvalue weighted by molar-refractivity contribution is 0.0800. The molecule has 1 N–H and O–H groups in total. The largest absolute Gasteiger partial charge is 0.393 e. The Kier molecular flexibility index (Phi) is 14.1. The third-order valence-corrected chi connectivity index (χ3v) is 3.08. The third-order valence-electron chi connectivity index (χ3n) is 3.08. The highest BCUT2D eigenvalue weighted by Crippen LogP contribution is 2.08. The summed E-state index contributed by atoms with van der Waals surface area (Å²) in [7, 11) is 0. The molecule has 3 heteroatoms. The molecule has 0 radical (unpaired) electrons. The van der Waals surface area contributed by atoms with Crippen molar-refractivity contribution < 1.29 is 14.6 Å². The number of ether oxygens (including phenoxy) is 2. The molecular weight excluding hydrogens is 288 g/mol. The molecular formula is C20H36O3. The van der Waals surface area contributed by atoms with Gasteiger partial charge in [-0.25, -0.2) is 0 Å². The molecule has 1 aromatic carbocycles. The van der Waals surface area contributed by atoms with Crippen LogP contribution in [0.25, 0.3) is 0 Å². The summed E-state index contributed by atoms with van der Waals surface area (Å²) in [6.45, 7) is 13.1. The van der Waals surface area contributed by atoms with E-state index in [-0.39, 0.29) is 6.10 Å². The van der Waals surface area contributed by atoms with Crippen LogP contribution in [-0.4, -0.2) is 24.4 Å². The van der Waals surface area contributed by atoms with Gasteiger partial charge in [-0.05, 0) is 36.8 Å². The first-order valence-corrected chi connectivity index (χ1v) is 8.90. The molecule has 134 valence electrons. The molecule has 23 heavy (non-hydrogen) atoms. The Labute approximate surface area is 143 Å². The summed E-state index contributed by atoms with van der Waals surface area (Å²) in [5, 5.41) is 9.13. The van der Waals surface area contributed by atoms with Crippen LogP contribution in [0.15, 0.2) is 24.3 Å². The molecule has 1 aromatic rings. The Morgan fingerprint density at radius 3 is 1.57 bits per heavy atom. The van der Waals surface area contributed by atoms with Gasteiger partial charge in [0.15, 0.2) is 0 Å². The van der Waals surface area contributed by atoms with Crippen molar-refractivity contribution in [1.29, 1.82) is 0 Å². The molecule has 3 nitrogen and oxygen atoms in total. The van der Waals surface area contributed by atoms with Crippen molar-refractivity contribution in [3.63, 3.8) is 0 Å². The Balaban J connectivity index is 0.00000149. The van der Waals surface area contributed by atoms with Crippen molar-refractivity contribution in [1.82, 2.24) is 0 Å². The molecule has 0 bridgehead atoms.